The lowest BCUT2D eigenvalue weighted by molar-refractivity contribution is -0.155. The summed E-state index contributed by atoms with van der Waals surface area (Å²) in [6.07, 6.45) is 3.90. The number of carboxylic acids is 1. The molecule has 25 heavy (non-hydrogen) atoms. The van der Waals surface area contributed by atoms with Gasteiger partial charge >= 0.3 is 5.97 Å². The van der Waals surface area contributed by atoms with Crippen molar-refractivity contribution in [2.45, 2.75) is 45.4 Å². The van der Waals surface area contributed by atoms with Crippen molar-refractivity contribution in [2.24, 2.45) is 5.41 Å². The van der Waals surface area contributed by atoms with Gasteiger partial charge in [-0.3, -0.25) is 9.59 Å². The quantitative estimate of drug-likeness (QED) is 0.824. The van der Waals surface area contributed by atoms with Crippen LogP contribution in [-0.2, 0) is 16.0 Å². The van der Waals surface area contributed by atoms with E-state index in [1.165, 1.54) is 0 Å². The second kappa shape index (κ2) is 8.37. The van der Waals surface area contributed by atoms with E-state index >= 15 is 0 Å². The summed E-state index contributed by atoms with van der Waals surface area (Å²) in [4.78, 5) is 28.0. The maximum absolute atomic E-state index is 12.5. The molecule has 5 nitrogen and oxygen atoms in total. The van der Waals surface area contributed by atoms with Crippen LogP contribution in [0.25, 0.3) is 0 Å². The minimum absolute atomic E-state index is 0.132. The van der Waals surface area contributed by atoms with Crippen LogP contribution < -0.4 is 4.90 Å². The Balaban J connectivity index is 1.85. The molecule has 1 amide bonds. The summed E-state index contributed by atoms with van der Waals surface area (Å²) in [5.74, 6) is -0.574. The molecule has 1 aliphatic heterocycles. The zero-order valence-corrected chi connectivity index (χ0v) is 15.6. The topological polar surface area (TPSA) is 60.9 Å². The molecule has 1 saturated heterocycles. The van der Waals surface area contributed by atoms with Crippen LogP contribution in [0.5, 0.6) is 0 Å². The Morgan fingerprint density at radius 3 is 2.24 bits per heavy atom. The molecule has 1 fully saturated rings. The number of carbonyl (C=O) groups is 2. The predicted molar refractivity (Wildman–Crippen MR) is 99.9 cm³/mol. The van der Waals surface area contributed by atoms with Crippen LogP contribution in [0, 0.1) is 5.41 Å². The van der Waals surface area contributed by atoms with E-state index < -0.39 is 11.4 Å². The Morgan fingerprint density at radius 1 is 1.16 bits per heavy atom. The van der Waals surface area contributed by atoms with Crippen molar-refractivity contribution < 1.29 is 14.7 Å². The minimum atomic E-state index is -0.706. The summed E-state index contributed by atoms with van der Waals surface area (Å²) in [5, 5.41) is 9.55. The fourth-order valence-electron chi connectivity index (χ4n) is 3.60. The first-order chi connectivity index (χ1) is 11.9. The van der Waals surface area contributed by atoms with Gasteiger partial charge in [0.15, 0.2) is 0 Å². The standard InChI is InChI=1S/C20H30N2O3/c1-4-11-20(19(24)25)12-14-22(15-13-20)18(23)10-7-16-5-8-17(9-6-16)21(2)3/h5-6,8-9H,4,7,10-15H2,1-3H3,(H,24,25). The van der Waals surface area contributed by atoms with Gasteiger partial charge in [0.1, 0.15) is 0 Å². The number of hydrogen-bond acceptors (Lipinski definition) is 3. The zero-order chi connectivity index (χ0) is 18.4. The number of aliphatic carboxylic acids is 1. The summed E-state index contributed by atoms with van der Waals surface area (Å²) in [5.41, 5.74) is 1.67. The van der Waals surface area contributed by atoms with E-state index in [1.54, 1.807) is 0 Å². The Labute approximate surface area is 150 Å². The minimum Gasteiger partial charge on any atom is -0.481 e. The van der Waals surface area contributed by atoms with Crippen LogP contribution in [0.2, 0.25) is 0 Å². The number of hydrogen-bond donors (Lipinski definition) is 1. The molecule has 1 aliphatic rings. The van der Waals surface area contributed by atoms with Gasteiger partial charge in [-0.25, -0.2) is 0 Å². The number of piperidine rings is 1. The molecule has 1 N–H and O–H groups in total. The van der Waals surface area contributed by atoms with Crippen LogP contribution in [0.3, 0.4) is 0 Å². The zero-order valence-electron chi connectivity index (χ0n) is 15.6. The molecule has 0 atom stereocenters. The van der Waals surface area contributed by atoms with E-state index in [1.807, 2.05) is 30.8 Å². The number of rotatable bonds is 7. The molecule has 0 bridgehead atoms. The number of aryl methyl sites for hydroxylation is 1. The Morgan fingerprint density at radius 2 is 1.76 bits per heavy atom. The van der Waals surface area contributed by atoms with E-state index in [-0.39, 0.29) is 5.91 Å². The lowest BCUT2D eigenvalue weighted by Gasteiger charge is -2.39. The lowest BCUT2D eigenvalue weighted by Crippen LogP contribution is -2.46. The van der Waals surface area contributed by atoms with E-state index in [9.17, 15) is 14.7 Å². The smallest absolute Gasteiger partial charge is 0.309 e. The number of carboxylic acid groups (broad SMARTS) is 1. The van der Waals surface area contributed by atoms with Gasteiger partial charge in [-0.1, -0.05) is 25.5 Å². The average molecular weight is 346 g/mol. The third kappa shape index (κ3) is 4.74. The van der Waals surface area contributed by atoms with Gasteiger partial charge in [0.05, 0.1) is 5.41 Å². The monoisotopic (exact) mass is 346 g/mol. The normalized spacial score (nSPS) is 16.5. The van der Waals surface area contributed by atoms with Gasteiger partial charge in [-0.15, -0.1) is 0 Å². The molecule has 0 radical (unpaired) electrons. The number of amides is 1. The first-order valence-corrected chi connectivity index (χ1v) is 9.15. The Bertz CT molecular complexity index is 587. The fraction of sp³-hybridized carbons (Fsp3) is 0.600. The SMILES string of the molecule is CCCC1(C(=O)O)CCN(C(=O)CCc2ccc(N(C)C)cc2)CC1. The lowest BCUT2D eigenvalue weighted by atomic mass is 9.75. The molecule has 0 spiro atoms. The summed E-state index contributed by atoms with van der Waals surface area (Å²) in [6.45, 7) is 3.14. The van der Waals surface area contributed by atoms with Crippen molar-refractivity contribution in [2.75, 3.05) is 32.1 Å². The van der Waals surface area contributed by atoms with Gasteiger partial charge in [0.2, 0.25) is 5.91 Å². The van der Waals surface area contributed by atoms with E-state index in [0.717, 1.165) is 24.1 Å². The van der Waals surface area contributed by atoms with Crippen molar-refractivity contribution in [3.05, 3.63) is 29.8 Å². The summed E-state index contributed by atoms with van der Waals surface area (Å²) < 4.78 is 0. The highest BCUT2D eigenvalue weighted by atomic mass is 16.4. The summed E-state index contributed by atoms with van der Waals surface area (Å²) in [7, 11) is 4.01. The highest BCUT2D eigenvalue weighted by Gasteiger charge is 2.41. The van der Waals surface area contributed by atoms with Crippen molar-refractivity contribution in [3.63, 3.8) is 0 Å². The van der Waals surface area contributed by atoms with Crippen LogP contribution >= 0.6 is 0 Å². The van der Waals surface area contributed by atoms with Crippen molar-refractivity contribution in [3.8, 4) is 0 Å². The van der Waals surface area contributed by atoms with Gasteiger partial charge in [-0.2, -0.15) is 0 Å². The largest absolute Gasteiger partial charge is 0.481 e. The number of anilines is 1. The molecule has 0 aromatic heterocycles. The first-order valence-electron chi connectivity index (χ1n) is 9.15. The summed E-state index contributed by atoms with van der Waals surface area (Å²) >= 11 is 0. The van der Waals surface area contributed by atoms with E-state index in [0.29, 0.717) is 38.8 Å². The molecule has 1 heterocycles. The molecule has 0 unspecified atom stereocenters. The number of likely N-dealkylation sites (tertiary alicyclic amines) is 1. The van der Waals surface area contributed by atoms with E-state index in [4.69, 9.17) is 0 Å². The second-order valence-electron chi connectivity index (χ2n) is 7.28. The Kier molecular flexibility index (Phi) is 6.45. The van der Waals surface area contributed by atoms with E-state index in [2.05, 4.69) is 24.3 Å². The maximum Gasteiger partial charge on any atom is 0.309 e. The molecule has 1 aromatic carbocycles. The molecule has 1 aromatic rings. The molecule has 0 aliphatic carbocycles. The second-order valence-corrected chi connectivity index (χ2v) is 7.28. The fourth-order valence-corrected chi connectivity index (χ4v) is 3.60. The number of nitrogens with zero attached hydrogens (tertiary/aromatic N) is 2. The van der Waals surface area contributed by atoms with Crippen LogP contribution in [0.4, 0.5) is 5.69 Å². The number of benzene rings is 1. The maximum atomic E-state index is 12.5. The molecular weight excluding hydrogens is 316 g/mol. The molecular formula is C20H30N2O3. The molecule has 2 rings (SSSR count). The van der Waals surface area contributed by atoms with Crippen LogP contribution in [-0.4, -0.2) is 49.1 Å². The summed E-state index contributed by atoms with van der Waals surface area (Å²) in [6, 6.07) is 8.25. The highest BCUT2D eigenvalue weighted by molar-refractivity contribution is 5.78. The molecule has 138 valence electrons. The molecule has 0 saturated carbocycles. The van der Waals surface area contributed by atoms with Gasteiger partial charge < -0.3 is 14.9 Å². The first kappa shape index (κ1) is 19.3. The van der Waals surface area contributed by atoms with Crippen molar-refractivity contribution in [1.29, 1.82) is 0 Å². The van der Waals surface area contributed by atoms with Crippen molar-refractivity contribution in [1.82, 2.24) is 4.90 Å². The van der Waals surface area contributed by atoms with Crippen LogP contribution in [0.1, 0.15) is 44.6 Å². The Hall–Kier alpha value is -2.04. The number of carbonyl (C=O) groups excluding carboxylic acids is 1. The van der Waals surface area contributed by atoms with Gasteiger partial charge in [-0.05, 0) is 43.4 Å². The van der Waals surface area contributed by atoms with Crippen LogP contribution in [0.15, 0.2) is 24.3 Å². The predicted octanol–water partition coefficient (Wildman–Crippen LogP) is 3.18. The third-order valence-corrected chi connectivity index (χ3v) is 5.34. The van der Waals surface area contributed by atoms with Gasteiger partial charge in [0, 0.05) is 39.3 Å². The molecule has 5 heteroatoms. The van der Waals surface area contributed by atoms with Gasteiger partial charge in [0.25, 0.3) is 0 Å². The third-order valence-electron chi connectivity index (χ3n) is 5.34. The average Bonchev–Trinajstić information content (AvgIpc) is 2.60. The van der Waals surface area contributed by atoms with Crippen molar-refractivity contribution >= 4 is 17.6 Å². The highest BCUT2D eigenvalue weighted by Crippen LogP contribution is 2.36.